The second-order valence-corrected chi connectivity index (χ2v) is 6.81. The molecule has 1 aromatic carbocycles. The van der Waals surface area contributed by atoms with Crippen molar-refractivity contribution in [2.24, 2.45) is 5.73 Å². The van der Waals surface area contributed by atoms with Crippen molar-refractivity contribution in [2.75, 3.05) is 55.7 Å². The van der Waals surface area contributed by atoms with Crippen LogP contribution in [0, 0.1) is 5.82 Å². The molecule has 9 heteroatoms. The number of benzene rings is 1. The lowest BCUT2D eigenvalue weighted by atomic mass is 10.1. The van der Waals surface area contributed by atoms with E-state index in [2.05, 4.69) is 4.90 Å². The zero-order valence-electron chi connectivity index (χ0n) is 15.1. The van der Waals surface area contributed by atoms with Crippen LogP contribution in [0.1, 0.15) is 12.8 Å². The van der Waals surface area contributed by atoms with E-state index in [9.17, 15) is 14.0 Å². The van der Waals surface area contributed by atoms with Gasteiger partial charge in [0.05, 0.1) is 24.5 Å². The Kier molecular flexibility index (Phi) is 6.12. The molecule has 1 aromatic rings. The first kappa shape index (κ1) is 19.4. The number of aliphatic hydroxyl groups excluding tert-OH is 1. The smallest absolute Gasteiger partial charge is 0.414 e. The van der Waals surface area contributed by atoms with Gasteiger partial charge in [-0.1, -0.05) is 0 Å². The molecule has 1 atom stereocenters. The highest BCUT2D eigenvalue weighted by atomic mass is 19.1. The summed E-state index contributed by atoms with van der Waals surface area (Å²) in [6.45, 7) is 3.90. The highest BCUT2D eigenvalue weighted by Crippen LogP contribution is 2.29. The molecular formula is C18H25FN4O4. The molecule has 3 rings (SSSR count). The van der Waals surface area contributed by atoms with Crippen LogP contribution < -0.4 is 15.5 Å². The Labute approximate surface area is 157 Å². The second kappa shape index (κ2) is 8.53. The first-order chi connectivity index (χ1) is 13.0. The Hall–Kier alpha value is -2.39. The number of carbonyl (C=O) groups is 2. The van der Waals surface area contributed by atoms with Gasteiger partial charge >= 0.3 is 6.09 Å². The fourth-order valence-electron chi connectivity index (χ4n) is 3.46. The Morgan fingerprint density at radius 1 is 1.30 bits per heavy atom. The van der Waals surface area contributed by atoms with Crippen LogP contribution in [0.2, 0.25) is 0 Å². The van der Waals surface area contributed by atoms with Crippen molar-refractivity contribution in [1.29, 1.82) is 0 Å². The van der Waals surface area contributed by atoms with Crippen LogP contribution in [0.5, 0.6) is 0 Å². The summed E-state index contributed by atoms with van der Waals surface area (Å²) in [5.74, 6) is -0.838. The van der Waals surface area contributed by atoms with Gasteiger partial charge in [0.1, 0.15) is 11.9 Å². The number of anilines is 2. The number of halogens is 1. The minimum atomic E-state index is -0.547. The molecule has 0 saturated carbocycles. The summed E-state index contributed by atoms with van der Waals surface area (Å²) in [4.78, 5) is 28.4. The zero-order chi connectivity index (χ0) is 19.4. The van der Waals surface area contributed by atoms with Gasteiger partial charge in [-0.3, -0.25) is 14.6 Å². The number of primary amides is 1. The van der Waals surface area contributed by atoms with E-state index in [1.54, 1.807) is 12.1 Å². The first-order valence-electron chi connectivity index (χ1n) is 9.12. The Morgan fingerprint density at radius 3 is 2.67 bits per heavy atom. The largest absolute Gasteiger partial charge is 0.444 e. The Balaban J connectivity index is 1.63. The second-order valence-electron chi connectivity index (χ2n) is 6.81. The van der Waals surface area contributed by atoms with Crippen LogP contribution in [-0.2, 0) is 9.53 Å². The fraction of sp³-hybridized carbons (Fsp3) is 0.556. The third kappa shape index (κ3) is 4.67. The first-order valence-corrected chi connectivity index (χ1v) is 9.12. The minimum Gasteiger partial charge on any atom is -0.444 e. The standard InChI is InChI=1S/C18H25FN4O4/c19-15-11-13(23-12-14(27-18(23)26)2-4-17(20)25)1-3-16(15)22-7-5-21(6-8-22)9-10-24/h1,3,11,14,24H,2,4-10,12H2,(H2,20,25)/t14-/m0/s1. The third-order valence-electron chi connectivity index (χ3n) is 4.96. The molecule has 27 heavy (non-hydrogen) atoms. The molecule has 2 fully saturated rings. The van der Waals surface area contributed by atoms with E-state index in [4.69, 9.17) is 15.6 Å². The van der Waals surface area contributed by atoms with E-state index in [1.807, 2.05) is 4.90 Å². The molecule has 0 bridgehead atoms. The van der Waals surface area contributed by atoms with Gasteiger partial charge < -0.3 is 20.5 Å². The molecule has 0 radical (unpaired) electrons. The number of carbonyl (C=O) groups excluding carboxylic acids is 2. The summed E-state index contributed by atoms with van der Waals surface area (Å²) < 4.78 is 19.9. The number of β-amino-alcohol motifs (C(OH)–C–C–N with tert-alkyl or cyclic N) is 1. The van der Waals surface area contributed by atoms with Crippen molar-refractivity contribution < 1.29 is 23.8 Å². The summed E-state index contributed by atoms with van der Waals surface area (Å²) in [7, 11) is 0. The SMILES string of the molecule is NC(=O)CC[C@H]1CN(c2ccc(N3CCN(CCO)CC3)c(F)c2)C(=O)O1. The summed E-state index contributed by atoms with van der Waals surface area (Å²) in [6, 6.07) is 4.72. The van der Waals surface area contributed by atoms with Crippen LogP contribution in [-0.4, -0.2) is 74.0 Å². The maximum atomic E-state index is 14.7. The molecule has 0 unspecified atom stereocenters. The fourth-order valence-corrected chi connectivity index (χ4v) is 3.46. The van der Waals surface area contributed by atoms with Crippen molar-refractivity contribution in [3.8, 4) is 0 Å². The van der Waals surface area contributed by atoms with Crippen LogP contribution in [0.3, 0.4) is 0 Å². The molecule has 2 saturated heterocycles. The van der Waals surface area contributed by atoms with Crippen molar-refractivity contribution in [3.05, 3.63) is 24.0 Å². The van der Waals surface area contributed by atoms with Gasteiger partial charge in [-0.2, -0.15) is 0 Å². The molecular weight excluding hydrogens is 355 g/mol. The van der Waals surface area contributed by atoms with Crippen LogP contribution in [0.15, 0.2) is 18.2 Å². The van der Waals surface area contributed by atoms with Gasteiger partial charge in [0.2, 0.25) is 5.91 Å². The topological polar surface area (TPSA) is 99.3 Å². The number of hydrogen-bond acceptors (Lipinski definition) is 6. The molecule has 148 valence electrons. The number of piperazine rings is 1. The zero-order valence-corrected chi connectivity index (χ0v) is 15.1. The van der Waals surface area contributed by atoms with E-state index in [0.29, 0.717) is 37.4 Å². The van der Waals surface area contributed by atoms with Gasteiger partial charge in [-0.25, -0.2) is 9.18 Å². The van der Waals surface area contributed by atoms with Gasteiger partial charge in [-0.05, 0) is 24.6 Å². The Morgan fingerprint density at radius 2 is 2.04 bits per heavy atom. The van der Waals surface area contributed by atoms with E-state index in [0.717, 1.165) is 13.1 Å². The summed E-state index contributed by atoms with van der Waals surface area (Å²) in [6.07, 6.45) is -0.473. The predicted octanol–water partition coefficient (Wildman–Crippen LogP) is 0.531. The molecule has 8 nitrogen and oxygen atoms in total. The average molecular weight is 380 g/mol. The lowest BCUT2D eigenvalue weighted by molar-refractivity contribution is -0.118. The Bertz CT molecular complexity index is 694. The number of cyclic esters (lactones) is 1. The van der Waals surface area contributed by atoms with Gasteiger partial charge in [0.25, 0.3) is 0 Å². The molecule has 2 heterocycles. The quantitative estimate of drug-likeness (QED) is 0.716. The summed E-state index contributed by atoms with van der Waals surface area (Å²) in [5, 5.41) is 9.00. The normalized spacial score (nSPS) is 20.8. The highest BCUT2D eigenvalue weighted by Gasteiger charge is 2.33. The van der Waals surface area contributed by atoms with E-state index < -0.39 is 23.9 Å². The van der Waals surface area contributed by atoms with Crippen molar-refractivity contribution in [1.82, 2.24) is 4.90 Å². The highest BCUT2D eigenvalue weighted by molar-refractivity contribution is 5.90. The monoisotopic (exact) mass is 380 g/mol. The molecule has 0 aliphatic carbocycles. The van der Waals surface area contributed by atoms with Gasteiger partial charge in [0, 0.05) is 39.1 Å². The molecule has 2 amide bonds. The van der Waals surface area contributed by atoms with Gasteiger partial charge in [-0.15, -0.1) is 0 Å². The molecule has 0 spiro atoms. The number of hydrogen-bond donors (Lipinski definition) is 2. The summed E-state index contributed by atoms with van der Waals surface area (Å²) >= 11 is 0. The number of amides is 2. The van der Waals surface area contributed by atoms with Crippen molar-refractivity contribution in [2.45, 2.75) is 18.9 Å². The molecule has 0 aromatic heterocycles. The van der Waals surface area contributed by atoms with Crippen molar-refractivity contribution in [3.63, 3.8) is 0 Å². The van der Waals surface area contributed by atoms with Crippen LogP contribution in [0.25, 0.3) is 0 Å². The summed E-state index contributed by atoms with van der Waals surface area (Å²) in [5.41, 5.74) is 6.05. The average Bonchev–Trinajstić information content (AvgIpc) is 3.02. The number of nitrogens with two attached hydrogens (primary N) is 1. The number of nitrogens with zero attached hydrogens (tertiary/aromatic N) is 3. The van der Waals surface area contributed by atoms with Crippen LogP contribution >= 0.6 is 0 Å². The minimum absolute atomic E-state index is 0.120. The number of rotatable bonds is 7. The van der Waals surface area contributed by atoms with Gasteiger partial charge in [0.15, 0.2) is 0 Å². The lowest BCUT2D eigenvalue weighted by Gasteiger charge is -2.36. The van der Waals surface area contributed by atoms with E-state index >= 15 is 0 Å². The van der Waals surface area contributed by atoms with Crippen LogP contribution in [0.4, 0.5) is 20.6 Å². The molecule has 3 N–H and O–H groups in total. The maximum Gasteiger partial charge on any atom is 0.414 e. The van der Waals surface area contributed by atoms with E-state index in [1.165, 1.54) is 11.0 Å². The maximum absolute atomic E-state index is 14.7. The number of aliphatic hydroxyl groups is 1. The third-order valence-corrected chi connectivity index (χ3v) is 4.96. The lowest BCUT2D eigenvalue weighted by Crippen LogP contribution is -2.47. The predicted molar refractivity (Wildman–Crippen MR) is 98.2 cm³/mol. The molecule has 2 aliphatic heterocycles. The van der Waals surface area contributed by atoms with Crippen molar-refractivity contribution >= 4 is 23.4 Å². The molecule has 2 aliphatic rings. The number of ether oxygens (including phenoxy) is 1. The van der Waals surface area contributed by atoms with E-state index in [-0.39, 0.29) is 19.6 Å².